The first-order valence-electron chi connectivity index (χ1n) is 8.78. The molecule has 0 aliphatic rings. The van der Waals surface area contributed by atoms with Crippen LogP contribution in [0.3, 0.4) is 0 Å². The highest BCUT2D eigenvalue weighted by molar-refractivity contribution is 5.93. The van der Waals surface area contributed by atoms with Gasteiger partial charge in [0.1, 0.15) is 11.3 Å². The molecule has 24 heavy (non-hydrogen) atoms. The highest BCUT2D eigenvalue weighted by Crippen LogP contribution is 2.34. The number of aromatic carboxylic acids is 1. The monoisotopic (exact) mass is 326 g/mol. The second kappa shape index (κ2) is 9.11. The number of hydrogen-bond acceptors (Lipinski definition) is 2. The molecule has 0 bridgehead atoms. The Hall–Kier alpha value is -2.29. The summed E-state index contributed by atoms with van der Waals surface area (Å²) < 4.78 is 0. The molecule has 2 N–H and O–H groups in total. The molecule has 0 aliphatic carbocycles. The summed E-state index contributed by atoms with van der Waals surface area (Å²) in [7, 11) is 0. The lowest BCUT2D eigenvalue weighted by atomic mass is 9.92. The third-order valence-electron chi connectivity index (χ3n) is 4.38. The van der Waals surface area contributed by atoms with Crippen LogP contribution >= 0.6 is 0 Å². The zero-order valence-electron chi connectivity index (χ0n) is 14.3. The van der Waals surface area contributed by atoms with Crippen molar-refractivity contribution in [2.75, 3.05) is 0 Å². The molecule has 0 fully saturated rings. The summed E-state index contributed by atoms with van der Waals surface area (Å²) in [5, 5.41) is 19.7. The number of benzene rings is 2. The van der Waals surface area contributed by atoms with Gasteiger partial charge < -0.3 is 10.2 Å². The maximum atomic E-state index is 11.3. The summed E-state index contributed by atoms with van der Waals surface area (Å²) in [5.74, 6) is -1.17. The maximum absolute atomic E-state index is 11.3. The summed E-state index contributed by atoms with van der Waals surface area (Å²) in [4.78, 5) is 11.3. The van der Waals surface area contributed by atoms with Gasteiger partial charge in [0.25, 0.3) is 0 Å². The van der Waals surface area contributed by atoms with Crippen molar-refractivity contribution in [3.63, 3.8) is 0 Å². The van der Waals surface area contributed by atoms with Gasteiger partial charge in [-0.05, 0) is 30.0 Å². The van der Waals surface area contributed by atoms with Gasteiger partial charge in [0, 0.05) is 5.56 Å². The molecule has 0 aromatic heterocycles. The Labute approximate surface area is 144 Å². The molecule has 3 nitrogen and oxygen atoms in total. The molecule has 2 rings (SSSR count). The zero-order chi connectivity index (χ0) is 17.4. The highest BCUT2D eigenvalue weighted by Gasteiger charge is 2.17. The standard InChI is InChI=1S/C21H26O3/c1-2-3-4-5-6-10-13-18-17(16-11-8-7-9-12-16)14-15-19(20(18)22)21(23)24/h7-9,11-12,14-15,22H,2-6,10,13H2,1H3,(H,23,24). The van der Waals surface area contributed by atoms with Crippen molar-refractivity contribution in [1.82, 2.24) is 0 Å². The quantitative estimate of drug-likeness (QED) is 0.584. The summed E-state index contributed by atoms with van der Waals surface area (Å²) in [6.07, 6.45) is 7.67. The lowest BCUT2D eigenvalue weighted by Gasteiger charge is -2.14. The third kappa shape index (κ3) is 4.60. The fourth-order valence-electron chi connectivity index (χ4n) is 3.03. The average molecular weight is 326 g/mol. The zero-order valence-corrected chi connectivity index (χ0v) is 14.3. The van der Waals surface area contributed by atoms with Crippen LogP contribution in [0.15, 0.2) is 42.5 Å². The lowest BCUT2D eigenvalue weighted by Crippen LogP contribution is -2.01. The van der Waals surface area contributed by atoms with E-state index in [4.69, 9.17) is 0 Å². The van der Waals surface area contributed by atoms with Crippen LogP contribution in [0.2, 0.25) is 0 Å². The van der Waals surface area contributed by atoms with E-state index in [-0.39, 0.29) is 11.3 Å². The van der Waals surface area contributed by atoms with Crippen LogP contribution < -0.4 is 0 Å². The second-order valence-corrected chi connectivity index (χ2v) is 6.18. The van der Waals surface area contributed by atoms with Crippen molar-refractivity contribution in [2.45, 2.75) is 51.9 Å². The molecule has 0 heterocycles. The first-order chi connectivity index (χ1) is 11.6. The minimum Gasteiger partial charge on any atom is -0.507 e. The number of carboxylic acid groups (broad SMARTS) is 1. The number of phenols is 1. The van der Waals surface area contributed by atoms with E-state index in [1.54, 1.807) is 0 Å². The Bertz CT molecular complexity index is 662. The smallest absolute Gasteiger partial charge is 0.339 e. The summed E-state index contributed by atoms with van der Waals surface area (Å²) in [5.41, 5.74) is 2.66. The van der Waals surface area contributed by atoms with Gasteiger partial charge in [-0.2, -0.15) is 0 Å². The van der Waals surface area contributed by atoms with Crippen LogP contribution in [0.1, 0.15) is 61.4 Å². The fourth-order valence-corrected chi connectivity index (χ4v) is 3.03. The van der Waals surface area contributed by atoms with Gasteiger partial charge in [-0.25, -0.2) is 4.79 Å². The van der Waals surface area contributed by atoms with Crippen LogP contribution in [0.5, 0.6) is 5.75 Å². The van der Waals surface area contributed by atoms with Crippen molar-refractivity contribution in [3.05, 3.63) is 53.6 Å². The van der Waals surface area contributed by atoms with Gasteiger partial charge in [0.15, 0.2) is 0 Å². The second-order valence-electron chi connectivity index (χ2n) is 6.18. The summed E-state index contributed by atoms with van der Waals surface area (Å²) in [6, 6.07) is 13.1. The topological polar surface area (TPSA) is 57.5 Å². The molecule has 0 spiro atoms. The number of rotatable bonds is 9. The molecule has 3 heteroatoms. The lowest BCUT2D eigenvalue weighted by molar-refractivity contribution is 0.0693. The molecule has 2 aromatic rings. The molecule has 2 aromatic carbocycles. The predicted molar refractivity (Wildman–Crippen MR) is 97.6 cm³/mol. The molecular weight excluding hydrogens is 300 g/mol. The number of aromatic hydroxyl groups is 1. The number of carboxylic acids is 1. The van der Waals surface area contributed by atoms with Gasteiger partial charge in [0.2, 0.25) is 0 Å². The van der Waals surface area contributed by atoms with Crippen molar-refractivity contribution in [3.8, 4) is 16.9 Å². The van der Waals surface area contributed by atoms with Crippen molar-refractivity contribution in [1.29, 1.82) is 0 Å². The molecule has 0 saturated carbocycles. The SMILES string of the molecule is CCCCCCCCc1c(-c2ccccc2)ccc(C(=O)O)c1O. The largest absolute Gasteiger partial charge is 0.507 e. The van der Waals surface area contributed by atoms with Crippen LogP contribution in [0.25, 0.3) is 11.1 Å². The van der Waals surface area contributed by atoms with E-state index in [0.29, 0.717) is 6.42 Å². The Balaban J connectivity index is 2.21. The van der Waals surface area contributed by atoms with E-state index in [9.17, 15) is 15.0 Å². The Morgan fingerprint density at radius 1 is 0.917 bits per heavy atom. The van der Waals surface area contributed by atoms with Crippen molar-refractivity contribution in [2.24, 2.45) is 0 Å². The molecule has 0 amide bonds. The maximum Gasteiger partial charge on any atom is 0.339 e. The third-order valence-corrected chi connectivity index (χ3v) is 4.38. The van der Waals surface area contributed by atoms with Crippen molar-refractivity contribution < 1.29 is 15.0 Å². The number of carbonyl (C=O) groups is 1. The van der Waals surface area contributed by atoms with E-state index in [1.165, 1.54) is 31.7 Å². The van der Waals surface area contributed by atoms with E-state index >= 15 is 0 Å². The van der Waals surface area contributed by atoms with Gasteiger partial charge in [-0.1, -0.05) is 75.4 Å². The van der Waals surface area contributed by atoms with E-state index in [2.05, 4.69) is 6.92 Å². The predicted octanol–water partition coefficient (Wildman–Crippen LogP) is 5.66. The van der Waals surface area contributed by atoms with Gasteiger partial charge in [0.05, 0.1) is 0 Å². The minimum atomic E-state index is -1.09. The van der Waals surface area contributed by atoms with E-state index in [1.807, 2.05) is 36.4 Å². The van der Waals surface area contributed by atoms with Gasteiger partial charge in [-0.15, -0.1) is 0 Å². The first-order valence-corrected chi connectivity index (χ1v) is 8.78. The molecule has 0 saturated heterocycles. The summed E-state index contributed by atoms with van der Waals surface area (Å²) >= 11 is 0. The molecule has 128 valence electrons. The van der Waals surface area contributed by atoms with Gasteiger partial charge >= 0.3 is 5.97 Å². The molecule has 0 unspecified atom stereocenters. The first kappa shape index (κ1) is 18.1. The Kier molecular flexibility index (Phi) is 6.86. The fraction of sp³-hybridized carbons (Fsp3) is 0.381. The normalized spacial score (nSPS) is 10.7. The minimum absolute atomic E-state index is 0.0179. The Morgan fingerprint density at radius 2 is 1.58 bits per heavy atom. The van der Waals surface area contributed by atoms with Crippen LogP contribution in [-0.2, 0) is 6.42 Å². The molecule has 0 radical (unpaired) electrons. The number of hydrogen-bond donors (Lipinski definition) is 2. The van der Waals surface area contributed by atoms with Crippen molar-refractivity contribution >= 4 is 5.97 Å². The molecular formula is C21H26O3. The molecule has 0 atom stereocenters. The highest BCUT2D eigenvalue weighted by atomic mass is 16.4. The van der Waals surface area contributed by atoms with Crippen LogP contribution in [0.4, 0.5) is 0 Å². The van der Waals surface area contributed by atoms with Crippen LogP contribution in [0, 0.1) is 0 Å². The average Bonchev–Trinajstić information content (AvgIpc) is 2.59. The number of unbranched alkanes of at least 4 members (excludes halogenated alkanes) is 5. The van der Waals surface area contributed by atoms with E-state index < -0.39 is 5.97 Å². The molecule has 0 aliphatic heterocycles. The summed E-state index contributed by atoms with van der Waals surface area (Å²) in [6.45, 7) is 2.20. The Morgan fingerprint density at radius 3 is 2.25 bits per heavy atom. The van der Waals surface area contributed by atoms with E-state index in [0.717, 1.165) is 29.5 Å². The van der Waals surface area contributed by atoms with Gasteiger partial charge in [-0.3, -0.25) is 0 Å². The van der Waals surface area contributed by atoms with Crippen LogP contribution in [-0.4, -0.2) is 16.2 Å².